The van der Waals surface area contributed by atoms with Crippen molar-refractivity contribution in [1.82, 2.24) is 0 Å². The van der Waals surface area contributed by atoms with Gasteiger partial charge in [0.25, 0.3) is 0 Å². The molecule has 2 N–H and O–H groups in total. The standard InChI is InChI=1S/C12H16F3NO3S/c1-3-8(2)10-6-9(20(16,17)18)4-5-11(10)19-7-12(13,14)15/h4-6,8H,3,7H2,1-2H3,(H2,16,17,18). The Morgan fingerprint density at radius 1 is 1.35 bits per heavy atom. The topological polar surface area (TPSA) is 69.4 Å². The SMILES string of the molecule is CCC(C)c1cc(S(N)(=O)=O)ccc1OCC(F)(F)F. The van der Waals surface area contributed by atoms with Crippen LogP contribution in [0, 0.1) is 0 Å². The molecule has 1 aromatic rings. The molecule has 0 aliphatic heterocycles. The number of nitrogens with two attached hydrogens (primary N) is 1. The largest absolute Gasteiger partial charge is 0.484 e. The highest BCUT2D eigenvalue weighted by atomic mass is 32.2. The number of ether oxygens (including phenoxy) is 1. The second-order valence-corrected chi connectivity index (χ2v) is 6.02. The van der Waals surface area contributed by atoms with E-state index in [1.165, 1.54) is 12.1 Å². The summed E-state index contributed by atoms with van der Waals surface area (Å²) in [5, 5.41) is 5.01. The minimum absolute atomic E-state index is 0.0177. The Morgan fingerprint density at radius 2 is 1.95 bits per heavy atom. The quantitative estimate of drug-likeness (QED) is 0.909. The lowest BCUT2D eigenvalue weighted by Gasteiger charge is -2.17. The van der Waals surface area contributed by atoms with Crippen LogP contribution < -0.4 is 9.88 Å². The molecule has 0 spiro atoms. The lowest BCUT2D eigenvalue weighted by molar-refractivity contribution is -0.153. The van der Waals surface area contributed by atoms with Gasteiger partial charge in [-0.15, -0.1) is 0 Å². The van der Waals surface area contributed by atoms with E-state index < -0.39 is 22.8 Å². The molecular weight excluding hydrogens is 295 g/mol. The molecule has 0 fully saturated rings. The molecule has 0 radical (unpaired) electrons. The van der Waals surface area contributed by atoms with Gasteiger partial charge in [0.15, 0.2) is 6.61 Å². The molecule has 1 unspecified atom stereocenters. The van der Waals surface area contributed by atoms with E-state index in [0.29, 0.717) is 12.0 Å². The van der Waals surface area contributed by atoms with Crippen molar-refractivity contribution in [1.29, 1.82) is 0 Å². The van der Waals surface area contributed by atoms with Crippen molar-refractivity contribution >= 4 is 10.0 Å². The molecule has 1 rings (SSSR count). The summed E-state index contributed by atoms with van der Waals surface area (Å²) in [6.45, 7) is 2.18. The summed E-state index contributed by atoms with van der Waals surface area (Å²) in [6, 6.07) is 3.59. The molecule has 8 heteroatoms. The predicted molar refractivity (Wildman–Crippen MR) is 68.1 cm³/mol. The molecule has 0 bridgehead atoms. The lowest BCUT2D eigenvalue weighted by Crippen LogP contribution is -2.20. The van der Waals surface area contributed by atoms with Gasteiger partial charge in [-0.1, -0.05) is 13.8 Å². The molecule has 0 saturated carbocycles. The molecule has 0 aliphatic carbocycles. The first-order valence-corrected chi connectivity index (χ1v) is 7.45. The van der Waals surface area contributed by atoms with Crippen molar-refractivity contribution in [2.24, 2.45) is 5.14 Å². The summed E-state index contributed by atoms with van der Waals surface area (Å²) in [6.07, 6.45) is -3.83. The fourth-order valence-corrected chi connectivity index (χ4v) is 2.15. The maximum atomic E-state index is 12.2. The molecular formula is C12H16F3NO3S. The fourth-order valence-electron chi connectivity index (χ4n) is 1.60. The Kier molecular flexibility index (Phi) is 5.04. The van der Waals surface area contributed by atoms with Crippen LogP contribution >= 0.6 is 0 Å². The number of hydrogen-bond acceptors (Lipinski definition) is 3. The highest BCUT2D eigenvalue weighted by Crippen LogP contribution is 2.32. The van der Waals surface area contributed by atoms with Crippen molar-refractivity contribution < 1.29 is 26.3 Å². The molecule has 0 heterocycles. The number of sulfonamides is 1. The zero-order valence-electron chi connectivity index (χ0n) is 11.1. The van der Waals surface area contributed by atoms with Crippen LogP contribution in [0.5, 0.6) is 5.75 Å². The summed E-state index contributed by atoms with van der Waals surface area (Å²) < 4.78 is 63.8. The number of primary sulfonamides is 1. The molecule has 0 amide bonds. The molecule has 4 nitrogen and oxygen atoms in total. The van der Waals surface area contributed by atoms with E-state index >= 15 is 0 Å². The average Bonchev–Trinajstić information content (AvgIpc) is 2.33. The van der Waals surface area contributed by atoms with Gasteiger partial charge >= 0.3 is 6.18 Å². The smallest absolute Gasteiger partial charge is 0.422 e. The van der Waals surface area contributed by atoms with E-state index in [-0.39, 0.29) is 16.6 Å². The Balaban J connectivity index is 3.17. The van der Waals surface area contributed by atoms with E-state index in [0.717, 1.165) is 6.07 Å². The van der Waals surface area contributed by atoms with Crippen LogP contribution in [0.1, 0.15) is 31.7 Å². The van der Waals surface area contributed by atoms with Crippen LogP contribution in [-0.2, 0) is 10.0 Å². The van der Waals surface area contributed by atoms with Crippen LogP contribution in [0.15, 0.2) is 23.1 Å². The maximum absolute atomic E-state index is 12.2. The van der Waals surface area contributed by atoms with Crippen LogP contribution in [0.3, 0.4) is 0 Å². The Bertz CT molecular complexity index is 570. The second kappa shape index (κ2) is 6.01. The van der Waals surface area contributed by atoms with E-state index in [4.69, 9.17) is 9.88 Å². The van der Waals surface area contributed by atoms with E-state index in [9.17, 15) is 21.6 Å². The van der Waals surface area contributed by atoms with Crippen molar-refractivity contribution in [2.75, 3.05) is 6.61 Å². The first kappa shape index (κ1) is 16.8. The monoisotopic (exact) mass is 311 g/mol. The zero-order chi connectivity index (χ0) is 15.6. The summed E-state index contributed by atoms with van der Waals surface area (Å²) in [4.78, 5) is -0.146. The number of halogens is 3. The van der Waals surface area contributed by atoms with Gasteiger partial charge in [-0.25, -0.2) is 13.6 Å². The minimum Gasteiger partial charge on any atom is -0.484 e. The van der Waals surface area contributed by atoms with Gasteiger partial charge in [-0.05, 0) is 36.1 Å². The van der Waals surface area contributed by atoms with Gasteiger partial charge < -0.3 is 4.74 Å². The van der Waals surface area contributed by atoms with Gasteiger partial charge in [-0.3, -0.25) is 0 Å². The van der Waals surface area contributed by atoms with Gasteiger partial charge in [0.1, 0.15) is 5.75 Å². The molecule has 1 atom stereocenters. The van der Waals surface area contributed by atoms with Crippen molar-refractivity contribution in [3.63, 3.8) is 0 Å². The van der Waals surface area contributed by atoms with Gasteiger partial charge in [0.05, 0.1) is 4.90 Å². The highest BCUT2D eigenvalue weighted by Gasteiger charge is 2.29. The summed E-state index contributed by atoms with van der Waals surface area (Å²) in [7, 11) is -3.90. The Hall–Kier alpha value is -1.28. The van der Waals surface area contributed by atoms with Gasteiger partial charge in [0.2, 0.25) is 10.0 Å². The van der Waals surface area contributed by atoms with Crippen molar-refractivity contribution in [3.8, 4) is 5.75 Å². The molecule has 114 valence electrons. The summed E-state index contributed by atoms with van der Waals surface area (Å²) in [5.41, 5.74) is 0.392. The summed E-state index contributed by atoms with van der Waals surface area (Å²) in [5.74, 6) is -0.135. The number of benzene rings is 1. The van der Waals surface area contributed by atoms with Crippen molar-refractivity contribution in [3.05, 3.63) is 23.8 Å². The van der Waals surface area contributed by atoms with Crippen LogP contribution in [-0.4, -0.2) is 21.2 Å². The van der Waals surface area contributed by atoms with Crippen molar-refractivity contribution in [2.45, 2.75) is 37.3 Å². The molecule has 0 saturated heterocycles. The maximum Gasteiger partial charge on any atom is 0.422 e. The van der Waals surface area contributed by atoms with E-state index in [2.05, 4.69) is 0 Å². The zero-order valence-corrected chi connectivity index (χ0v) is 11.9. The first-order valence-electron chi connectivity index (χ1n) is 5.91. The Morgan fingerprint density at radius 3 is 2.40 bits per heavy atom. The van der Waals surface area contributed by atoms with Crippen LogP contribution in [0.25, 0.3) is 0 Å². The van der Waals surface area contributed by atoms with Crippen LogP contribution in [0.4, 0.5) is 13.2 Å². The first-order chi connectivity index (χ1) is 9.04. The summed E-state index contributed by atoms with van der Waals surface area (Å²) >= 11 is 0. The third-order valence-corrected chi connectivity index (χ3v) is 3.76. The fraction of sp³-hybridized carbons (Fsp3) is 0.500. The number of hydrogen-bond donors (Lipinski definition) is 1. The van der Waals surface area contributed by atoms with Gasteiger partial charge in [-0.2, -0.15) is 13.2 Å². The Labute approximate surface area is 115 Å². The molecule has 20 heavy (non-hydrogen) atoms. The third kappa shape index (κ3) is 4.68. The predicted octanol–water partition coefficient (Wildman–Crippen LogP) is 2.79. The van der Waals surface area contributed by atoms with Crippen LogP contribution in [0.2, 0.25) is 0 Å². The highest BCUT2D eigenvalue weighted by molar-refractivity contribution is 7.89. The van der Waals surface area contributed by atoms with E-state index in [1.807, 2.05) is 6.92 Å². The van der Waals surface area contributed by atoms with E-state index in [1.54, 1.807) is 6.92 Å². The number of alkyl halides is 3. The number of rotatable bonds is 5. The minimum atomic E-state index is -4.45. The third-order valence-electron chi connectivity index (χ3n) is 2.84. The second-order valence-electron chi connectivity index (χ2n) is 4.46. The molecule has 0 aromatic heterocycles. The average molecular weight is 311 g/mol. The lowest BCUT2D eigenvalue weighted by atomic mass is 9.98. The molecule has 1 aromatic carbocycles. The van der Waals surface area contributed by atoms with Gasteiger partial charge in [0, 0.05) is 0 Å². The molecule has 0 aliphatic rings. The normalized spacial score (nSPS) is 14.1.